The van der Waals surface area contributed by atoms with Gasteiger partial charge in [-0.05, 0) is 61.6 Å². The highest BCUT2D eigenvalue weighted by molar-refractivity contribution is 5.78. The molecule has 1 aromatic rings. The van der Waals surface area contributed by atoms with Gasteiger partial charge in [0.1, 0.15) is 11.5 Å². The van der Waals surface area contributed by atoms with E-state index in [0.717, 1.165) is 24.0 Å². The SMILES string of the molecule is Cc1cccc(OCCC(=O)CC2CC3CCC2C3)c1. The molecular formula is C18H24O2. The Balaban J connectivity index is 1.39. The zero-order valence-corrected chi connectivity index (χ0v) is 12.3. The Bertz CT molecular complexity index is 480. The first kappa shape index (κ1) is 13.7. The smallest absolute Gasteiger partial charge is 0.136 e. The van der Waals surface area contributed by atoms with Crippen LogP contribution in [0.3, 0.4) is 0 Å². The molecule has 0 N–H and O–H groups in total. The summed E-state index contributed by atoms with van der Waals surface area (Å²) in [7, 11) is 0. The largest absolute Gasteiger partial charge is 0.493 e. The van der Waals surface area contributed by atoms with Crippen molar-refractivity contribution in [2.45, 2.75) is 45.4 Å². The quantitative estimate of drug-likeness (QED) is 0.777. The molecule has 3 unspecified atom stereocenters. The summed E-state index contributed by atoms with van der Waals surface area (Å²) in [6.07, 6.45) is 6.81. The van der Waals surface area contributed by atoms with E-state index in [9.17, 15) is 4.79 Å². The molecular weight excluding hydrogens is 248 g/mol. The third-order valence-electron chi connectivity index (χ3n) is 5.01. The van der Waals surface area contributed by atoms with Crippen LogP contribution in [0.15, 0.2) is 24.3 Å². The van der Waals surface area contributed by atoms with Crippen molar-refractivity contribution in [2.24, 2.45) is 17.8 Å². The molecule has 2 saturated carbocycles. The van der Waals surface area contributed by atoms with Gasteiger partial charge in [-0.2, -0.15) is 0 Å². The van der Waals surface area contributed by atoms with Crippen molar-refractivity contribution >= 4 is 5.78 Å². The van der Waals surface area contributed by atoms with Crippen LogP contribution < -0.4 is 4.74 Å². The fourth-order valence-electron chi connectivity index (χ4n) is 4.01. The van der Waals surface area contributed by atoms with Gasteiger partial charge in [0.15, 0.2) is 0 Å². The molecule has 0 aromatic heterocycles. The summed E-state index contributed by atoms with van der Waals surface area (Å²) in [5.41, 5.74) is 1.19. The molecule has 0 aliphatic heterocycles. The van der Waals surface area contributed by atoms with Gasteiger partial charge in [-0.3, -0.25) is 4.79 Å². The Morgan fingerprint density at radius 1 is 1.30 bits per heavy atom. The third-order valence-corrected chi connectivity index (χ3v) is 5.01. The summed E-state index contributed by atoms with van der Waals surface area (Å²) < 4.78 is 5.66. The first-order valence-electron chi connectivity index (χ1n) is 7.92. The van der Waals surface area contributed by atoms with Gasteiger partial charge in [0, 0.05) is 12.8 Å². The second-order valence-corrected chi connectivity index (χ2v) is 6.59. The molecule has 2 heteroatoms. The number of carbonyl (C=O) groups is 1. The summed E-state index contributed by atoms with van der Waals surface area (Å²) >= 11 is 0. The molecule has 2 nitrogen and oxygen atoms in total. The zero-order valence-electron chi connectivity index (χ0n) is 12.3. The average molecular weight is 272 g/mol. The van der Waals surface area contributed by atoms with Gasteiger partial charge in [-0.25, -0.2) is 0 Å². The molecule has 2 bridgehead atoms. The fourth-order valence-corrected chi connectivity index (χ4v) is 4.01. The van der Waals surface area contributed by atoms with Crippen LogP contribution in [-0.4, -0.2) is 12.4 Å². The Hall–Kier alpha value is -1.31. The number of benzene rings is 1. The van der Waals surface area contributed by atoms with E-state index in [2.05, 4.69) is 0 Å². The molecule has 2 aliphatic rings. The number of rotatable bonds is 6. The highest BCUT2D eigenvalue weighted by Crippen LogP contribution is 2.49. The summed E-state index contributed by atoms with van der Waals surface area (Å²) in [5.74, 6) is 3.72. The lowest BCUT2D eigenvalue weighted by molar-refractivity contribution is -0.120. The minimum atomic E-state index is 0.384. The van der Waals surface area contributed by atoms with Gasteiger partial charge in [0.25, 0.3) is 0 Å². The van der Waals surface area contributed by atoms with Crippen molar-refractivity contribution in [2.75, 3.05) is 6.61 Å². The average Bonchev–Trinajstić information content (AvgIpc) is 3.01. The number of carbonyl (C=O) groups excluding carboxylic acids is 1. The number of ketones is 1. The van der Waals surface area contributed by atoms with Crippen LogP contribution in [0.2, 0.25) is 0 Å². The van der Waals surface area contributed by atoms with Crippen LogP contribution in [0.5, 0.6) is 5.75 Å². The minimum absolute atomic E-state index is 0.384. The van der Waals surface area contributed by atoms with E-state index in [1.807, 2.05) is 31.2 Å². The van der Waals surface area contributed by atoms with Gasteiger partial charge < -0.3 is 4.74 Å². The maximum absolute atomic E-state index is 12.1. The second kappa shape index (κ2) is 5.99. The van der Waals surface area contributed by atoms with E-state index in [0.29, 0.717) is 24.7 Å². The molecule has 2 aliphatic carbocycles. The second-order valence-electron chi connectivity index (χ2n) is 6.59. The van der Waals surface area contributed by atoms with Crippen LogP contribution in [0.1, 0.15) is 44.1 Å². The fraction of sp³-hybridized carbons (Fsp3) is 0.611. The van der Waals surface area contributed by atoms with Crippen molar-refractivity contribution in [3.8, 4) is 5.75 Å². The van der Waals surface area contributed by atoms with Crippen molar-refractivity contribution in [3.05, 3.63) is 29.8 Å². The van der Waals surface area contributed by atoms with E-state index in [-0.39, 0.29) is 0 Å². The Labute approximate surface area is 121 Å². The molecule has 20 heavy (non-hydrogen) atoms. The molecule has 3 atom stereocenters. The highest BCUT2D eigenvalue weighted by atomic mass is 16.5. The first-order chi connectivity index (χ1) is 9.70. The molecule has 0 spiro atoms. The van der Waals surface area contributed by atoms with Gasteiger partial charge in [0.2, 0.25) is 0 Å². The lowest BCUT2D eigenvalue weighted by atomic mass is 9.85. The van der Waals surface area contributed by atoms with Gasteiger partial charge in [-0.1, -0.05) is 18.6 Å². The maximum atomic E-state index is 12.1. The van der Waals surface area contributed by atoms with E-state index >= 15 is 0 Å². The first-order valence-corrected chi connectivity index (χ1v) is 7.92. The van der Waals surface area contributed by atoms with E-state index in [1.54, 1.807) is 0 Å². The predicted molar refractivity (Wildman–Crippen MR) is 79.9 cm³/mol. The monoisotopic (exact) mass is 272 g/mol. The van der Waals surface area contributed by atoms with Crippen LogP contribution >= 0.6 is 0 Å². The lowest BCUT2D eigenvalue weighted by Crippen LogP contribution is -2.16. The van der Waals surface area contributed by atoms with E-state index in [1.165, 1.54) is 31.2 Å². The number of aryl methyl sites for hydroxylation is 1. The molecule has 0 heterocycles. The van der Waals surface area contributed by atoms with Gasteiger partial charge >= 0.3 is 0 Å². The molecule has 0 saturated heterocycles. The Morgan fingerprint density at radius 2 is 2.20 bits per heavy atom. The minimum Gasteiger partial charge on any atom is -0.493 e. The standard InChI is InChI=1S/C18H24O2/c1-13-3-2-4-18(9-13)20-8-7-17(19)12-16-11-14-5-6-15(16)10-14/h2-4,9,14-16H,5-8,10-12H2,1H3. The van der Waals surface area contributed by atoms with Crippen molar-refractivity contribution in [1.29, 1.82) is 0 Å². The van der Waals surface area contributed by atoms with Crippen molar-refractivity contribution < 1.29 is 9.53 Å². The third kappa shape index (κ3) is 3.23. The number of fused-ring (bicyclic) bond motifs is 2. The van der Waals surface area contributed by atoms with Crippen LogP contribution in [0, 0.1) is 24.7 Å². The highest BCUT2D eigenvalue weighted by Gasteiger charge is 2.39. The molecule has 3 rings (SSSR count). The maximum Gasteiger partial charge on any atom is 0.136 e. The molecule has 108 valence electrons. The van der Waals surface area contributed by atoms with Crippen LogP contribution in [0.25, 0.3) is 0 Å². The number of hydrogen-bond donors (Lipinski definition) is 0. The Morgan fingerprint density at radius 3 is 2.90 bits per heavy atom. The van der Waals surface area contributed by atoms with Gasteiger partial charge in [-0.15, -0.1) is 0 Å². The summed E-state index contributed by atoms with van der Waals surface area (Å²) in [4.78, 5) is 12.1. The van der Waals surface area contributed by atoms with Crippen LogP contribution in [-0.2, 0) is 4.79 Å². The lowest BCUT2D eigenvalue weighted by Gasteiger charge is -2.20. The van der Waals surface area contributed by atoms with Crippen LogP contribution in [0.4, 0.5) is 0 Å². The number of hydrogen-bond acceptors (Lipinski definition) is 2. The topological polar surface area (TPSA) is 26.3 Å². The number of Topliss-reactive ketones (excluding diaryl/α,β-unsaturated/α-hetero) is 1. The molecule has 1 aromatic carbocycles. The Kier molecular flexibility index (Phi) is 4.09. The van der Waals surface area contributed by atoms with Gasteiger partial charge in [0.05, 0.1) is 6.61 Å². The van der Waals surface area contributed by atoms with E-state index in [4.69, 9.17) is 4.74 Å². The predicted octanol–water partition coefficient (Wildman–Crippen LogP) is 4.16. The zero-order chi connectivity index (χ0) is 13.9. The number of ether oxygens (including phenoxy) is 1. The summed E-state index contributed by atoms with van der Waals surface area (Å²) in [5, 5.41) is 0. The molecule has 0 amide bonds. The summed E-state index contributed by atoms with van der Waals surface area (Å²) in [6, 6.07) is 8.00. The van der Waals surface area contributed by atoms with Crippen molar-refractivity contribution in [3.63, 3.8) is 0 Å². The summed E-state index contributed by atoms with van der Waals surface area (Å²) in [6.45, 7) is 2.57. The molecule has 0 radical (unpaired) electrons. The van der Waals surface area contributed by atoms with E-state index < -0.39 is 0 Å². The normalized spacial score (nSPS) is 27.8. The molecule has 2 fully saturated rings. The van der Waals surface area contributed by atoms with Crippen molar-refractivity contribution in [1.82, 2.24) is 0 Å².